The number of para-hydroxylation sites is 3. The summed E-state index contributed by atoms with van der Waals surface area (Å²) in [5.41, 5.74) is 2.03. The number of rotatable bonds is 8. The third kappa shape index (κ3) is 4.97. The molecule has 1 amide bonds. The van der Waals surface area contributed by atoms with Crippen molar-refractivity contribution in [3.05, 3.63) is 48.0 Å². The van der Waals surface area contributed by atoms with Gasteiger partial charge in [-0.15, -0.1) is 0 Å². The quantitative estimate of drug-likeness (QED) is 0.663. The van der Waals surface area contributed by atoms with Crippen LogP contribution in [0.1, 0.15) is 5.56 Å². The van der Waals surface area contributed by atoms with E-state index in [1.54, 1.807) is 26.2 Å². The topological polar surface area (TPSA) is 54.5 Å². The van der Waals surface area contributed by atoms with Gasteiger partial charge in [0.05, 0.1) is 33.6 Å². The smallest absolute Gasteiger partial charge is 0.236 e. The second-order valence-electron chi connectivity index (χ2n) is 7.34. The molecule has 1 aliphatic heterocycles. The van der Waals surface area contributed by atoms with E-state index < -0.39 is 0 Å². The molecule has 0 unspecified atom stereocenters. The van der Waals surface area contributed by atoms with Gasteiger partial charge in [0.25, 0.3) is 0 Å². The summed E-state index contributed by atoms with van der Waals surface area (Å²) in [5.74, 6) is 2.31. The third-order valence-electron chi connectivity index (χ3n) is 5.47. The van der Waals surface area contributed by atoms with Crippen molar-refractivity contribution in [3.8, 4) is 17.2 Å². The van der Waals surface area contributed by atoms with Crippen LogP contribution in [0, 0.1) is 0 Å². The van der Waals surface area contributed by atoms with Crippen LogP contribution >= 0.6 is 0 Å². The molecule has 0 bridgehead atoms. The van der Waals surface area contributed by atoms with E-state index in [9.17, 15) is 4.79 Å². The van der Waals surface area contributed by atoms with Gasteiger partial charge in [0.1, 0.15) is 5.75 Å². The van der Waals surface area contributed by atoms with E-state index in [-0.39, 0.29) is 5.91 Å². The lowest BCUT2D eigenvalue weighted by Crippen LogP contribution is -2.49. The van der Waals surface area contributed by atoms with Crippen molar-refractivity contribution in [1.82, 2.24) is 9.80 Å². The summed E-state index contributed by atoms with van der Waals surface area (Å²) in [6.07, 6.45) is 0. The maximum Gasteiger partial charge on any atom is 0.236 e. The first-order valence-corrected chi connectivity index (χ1v) is 10.1. The minimum atomic E-state index is 0.0885. The summed E-state index contributed by atoms with van der Waals surface area (Å²) in [7, 11) is 6.75. The highest BCUT2D eigenvalue weighted by atomic mass is 16.5. The maximum absolute atomic E-state index is 12.8. The highest BCUT2D eigenvalue weighted by Crippen LogP contribution is 2.31. The van der Waals surface area contributed by atoms with E-state index in [4.69, 9.17) is 14.2 Å². The number of hydrogen-bond acceptors (Lipinski definition) is 6. The van der Waals surface area contributed by atoms with Crippen molar-refractivity contribution in [2.75, 3.05) is 66.0 Å². The highest BCUT2D eigenvalue weighted by Gasteiger charge is 2.23. The monoisotopic (exact) mass is 413 g/mol. The van der Waals surface area contributed by atoms with Crippen molar-refractivity contribution in [2.45, 2.75) is 6.54 Å². The average Bonchev–Trinajstić information content (AvgIpc) is 2.79. The summed E-state index contributed by atoms with van der Waals surface area (Å²) in [5, 5.41) is 0. The number of anilines is 1. The Labute approximate surface area is 178 Å². The SMILES string of the molecule is COc1ccccc1N1CCN(CC(=O)N(C)Cc2cccc(OC)c2OC)CC1. The molecule has 0 saturated carbocycles. The van der Waals surface area contributed by atoms with Gasteiger partial charge >= 0.3 is 0 Å². The predicted molar refractivity (Wildman–Crippen MR) is 118 cm³/mol. The number of ether oxygens (including phenoxy) is 3. The van der Waals surface area contributed by atoms with E-state index in [1.807, 2.05) is 43.4 Å². The number of likely N-dealkylation sites (N-methyl/N-ethyl adjacent to an activating group) is 1. The van der Waals surface area contributed by atoms with Crippen LogP contribution < -0.4 is 19.1 Å². The molecule has 1 fully saturated rings. The molecule has 7 nitrogen and oxygen atoms in total. The van der Waals surface area contributed by atoms with Gasteiger partial charge in [-0.25, -0.2) is 0 Å². The second-order valence-corrected chi connectivity index (χ2v) is 7.34. The Balaban J connectivity index is 1.55. The zero-order chi connectivity index (χ0) is 21.5. The molecule has 3 rings (SSSR count). The molecule has 0 radical (unpaired) electrons. The number of carbonyl (C=O) groups excluding carboxylic acids is 1. The van der Waals surface area contributed by atoms with Crippen LogP contribution in [0.3, 0.4) is 0 Å². The maximum atomic E-state index is 12.8. The zero-order valence-electron chi connectivity index (χ0n) is 18.3. The molecule has 30 heavy (non-hydrogen) atoms. The van der Waals surface area contributed by atoms with Gasteiger partial charge in [-0.05, 0) is 18.2 Å². The summed E-state index contributed by atoms with van der Waals surface area (Å²) >= 11 is 0. The Bertz CT molecular complexity index is 850. The van der Waals surface area contributed by atoms with Gasteiger partial charge in [-0.2, -0.15) is 0 Å². The van der Waals surface area contributed by atoms with E-state index in [0.29, 0.717) is 24.6 Å². The van der Waals surface area contributed by atoms with E-state index >= 15 is 0 Å². The first-order chi connectivity index (χ1) is 14.6. The highest BCUT2D eigenvalue weighted by molar-refractivity contribution is 5.78. The molecule has 1 heterocycles. The second kappa shape index (κ2) is 10.2. The normalized spacial score (nSPS) is 14.3. The number of nitrogens with zero attached hydrogens (tertiary/aromatic N) is 3. The molecule has 2 aromatic carbocycles. The number of methoxy groups -OCH3 is 3. The lowest BCUT2D eigenvalue weighted by atomic mass is 10.1. The first kappa shape index (κ1) is 21.8. The lowest BCUT2D eigenvalue weighted by Gasteiger charge is -2.36. The number of hydrogen-bond donors (Lipinski definition) is 0. The molecule has 0 N–H and O–H groups in total. The molecule has 0 aromatic heterocycles. The Morgan fingerprint density at radius 3 is 2.23 bits per heavy atom. The van der Waals surface area contributed by atoms with Crippen LogP contribution in [0.15, 0.2) is 42.5 Å². The van der Waals surface area contributed by atoms with E-state index in [2.05, 4.69) is 15.9 Å². The van der Waals surface area contributed by atoms with Crippen LogP contribution in [0.25, 0.3) is 0 Å². The largest absolute Gasteiger partial charge is 0.495 e. The molecule has 1 saturated heterocycles. The van der Waals surface area contributed by atoms with Crippen LogP contribution in [0.5, 0.6) is 17.2 Å². The zero-order valence-corrected chi connectivity index (χ0v) is 18.3. The fraction of sp³-hybridized carbons (Fsp3) is 0.435. The summed E-state index contributed by atoms with van der Waals surface area (Å²) in [4.78, 5) is 19.1. The first-order valence-electron chi connectivity index (χ1n) is 10.1. The third-order valence-corrected chi connectivity index (χ3v) is 5.47. The molecule has 0 spiro atoms. The summed E-state index contributed by atoms with van der Waals surface area (Å²) in [6.45, 7) is 4.27. The fourth-order valence-corrected chi connectivity index (χ4v) is 3.77. The van der Waals surface area contributed by atoms with Crippen molar-refractivity contribution >= 4 is 11.6 Å². The van der Waals surface area contributed by atoms with Gasteiger partial charge in [0, 0.05) is 45.3 Å². The molecule has 7 heteroatoms. The molecule has 1 aliphatic rings. The number of amides is 1. The van der Waals surface area contributed by atoms with Crippen LogP contribution in [-0.2, 0) is 11.3 Å². The van der Waals surface area contributed by atoms with Gasteiger partial charge in [-0.1, -0.05) is 24.3 Å². The van der Waals surface area contributed by atoms with Crippen molar-refractivity contribution in [3.63, 3.8) is 0 Å². The minimum absolute atomic E-state index is 0.0885. The Hall–Kier alpha value is -2.93. The summed E-state index contributed by atoms with van der Waals surface area (Å²) < 4.78 is 16.3. The van der Waals surface area contributed by atoms with Crippen LogP contribution in [0.2, 0.25) is 0 Å². The molecular formula is C23H31N3O4. The average molecular weight is 414 g/mol. The van der Waals surface area contributed by atoms with E-state index in [1.165, 1.54) is 0 Å². The van der Waals surface area contributed by atoms with Crippen molar-refractivity contribution < 1.29 is 19.0 Å². The van der Waals surface area contributed by atoms with Crippen molar-refractivity contribution in [1.29, 1.82) is 0 Å². The Kier molecular flexibility index (Phi) is 7.41. The number of piperazine rings is 1. The fourth-order valence-electron chi connectivity index (χ4n) is 3.77. The molecule has 2 aromatic rings. The van der Waals surface area contributed by atoms with Gasteiger partial charge in [0.2, 0.25) is 5.91 Å². The molecule has 162 valence electrons. The summed E-state index contributed by atoms with van der Waals surface area (Å²) in [6, 6.07) is 13.8. The Morgan fingerprint density at radius 2 is 1.57 bits per heavy atom. The molecule has 0 aliphatic carbocycles. The minimum Gasteiger partial charge on any atom is -0.495 e. The standard InChI is InChI=1S/C23H31N3O4/c1-24(16-18-8-7-11-21(29-3)23(18)30-4)22(27)17-25-12-14-26(15-13-25)19-9-5-6-10-20(19)28-2/h5-11H,12-17H2,1-4H3. The number of carbonyl (C=O) groups is 1. The molecular weight excluding hydrogens is 382 g/mol. The van der Waals surface area contributed by atoms with Gasteiger partial charge < -0.3 is 24.0 Å². The van der Waals surface area contributed by atoms with Crippen LogP contribution in [-0.4, -0.2) is 76.8 Å². The van der Waals surface area contributed by atoms with Gasteiger partial charge in [0.15, 0.2) is 11.5 Å². The number of benzene rings is 2. The van der Waals surface area contributed by atoms with Gasteiger partial charge in [-0.3, -0.25) is 9.69 Å². The van der Waals surface area contributed by atoms with E-state index in [0.717, 1.165) is 43.2 Å². The predicted octanol–water partition coefficient (Wildman–Crippen LogP) is 2.49. The lowest BCUT2D eigenvalue weighted by molar-refractivity contribution is -0.131. The van der Waals surface area contributed by atoms with Crippen LogP contribution in [0.4, 0.5) is 5.69 Å². The molecule has 0 atom stereocenters. The Morgan fingerprint density at radius 1 is 0.900 bits per heavy atom. The van der Waals surface area contributed by atoms with Crippen molar-refractivity contribution in [2.24, 2.45) is 0 Å².